The van der Waals surface area contributed by atoms with Crippen LogP contribution in [0.1, 0.15) is 20.8 Å². The van der Waals surface area contributed by atoms with E-state index >= 15 is 0 Å². The minimum Gasteiger partial charge on any atom is -0.444 e. The number of aliphatic hydroxyl groups is 1. The molecule has 1 amide bonds. The molecule has 0 aliphatic carbocycles. The lowest BCUT2D eigenvalue weighted by atomic mass is 10.2. The number of nitrogens with zero attached hydrogens (tertiary/aromatic N) is 2. The number of carbonyl (C=O) groups is 1. The van der Waals surface area contributed by atoms with Gasteiger partial charge in [-0.25, -0.2) is 4.79 Å². The summed E-state index contributed by atoms with van der Waals surface area (Å²) in [6.07, 6.45) is -0.433. The molecule has 0 aromatic heterocycles. The summed E-state index contributed by atoms with van der Waals surface area (Å²) in [5, 5.41) is 8.64. The Morgan fingerprint density at radius 3 is 2.25 bits per heavy atom. The summed E-state index contributed by atoms with van der Waals surface area (Å²) in [5.41, 5.74) is -0.566. The smallest absolute Gasteiger partial charge is 0.410 e. The average molecular weight is 309 g/mol. The van der Waals surface area contributed by atoms with Gasteiger partial charge in [0, 0.05) is 32.7 Å². The molecule has 0 saturated carbocycles. The lowest BCUT2D eigenvalue weighted by molar-refractivity contribution is 0.0192. The molecule has 0 radical (unpaired) electrons. The first-order chi connectivity index (χ1) is 9.15. The molecule has 2 N–H and O–H groups in total. The van der Waals surface area contributed by atoms with Crippen LogP contribution in [-0.4, -0.2) is 73.8 Å². The maximum atomic E-state index is 11.8. The molecule has 1 aliphatic rings. The normalized spacial score (nSPS) is 18.1. The number of hydrogen-bond donors (Lipinski definition) is 2. The van der Waals surface area contributed by atoms with E-state index in [2.05, 4.69) is 4.72 Å². The molecule has 1 aliphatic heterocycles. The highest BCUT2D eigenvalue weighted by atomic mass is 32.2. The van der Waals surface area contributed by atoms with Gasteiger partial charge in [0.15, 0.2) is 0 Å². The minimum absolute atomic E-state index is 0.0192. The number of nitrogens with one attached hydrogen (secondary N) is 1. The molecule has 0 bridgehead atoms. The van der Waals surface area contributed by atoms with Crippen LogP contribution in [0, 0.1) is 0 Å². The Kier molecular flexibility index (Phi) is 5.75. The third-order valence-electron chi connectivity index (χ3n) is 2.63. The van der Waals surface area contributed by atoms with Gasteiger partial charge in [0.1, 0.15) is 5.60 Å². The molecule has 1 fully saturated rings. The Balaban J connectivity index is 2.49. The Morgan fingerprint density at radius 2 is 1.80 bits per heavy atom. The van der Waals surface area contributed by atoms with E-state index in [9.17, 15) is 13.2 Å². The van der Waals surface area contributed by atoms with Crippen LogP contribution >= 0.6 is 0 Å². The van der Waals surface area contributed by atoms with E-state index < -0.39 is 21.9 Å². The van der Waals surface area contributed by atoms with E-state index in [0.717, 1.165) is 0 Å². The van der Waals surface area contributed by atoms with Gasteiger partial charge in [0.05, 0.1) is 6.61 Å². The lowest BCUT2D eigenvalue weighted by Gasteiger charge is -2.34. The summed E-state index contributed by atoms with van der Waals surface area (Å²) >= 11 is 0. The number of ether oxygens (including phenoxy) is 1. The molecule has 8 nitrogen and oxygen atoms in total. The highest BCUT2D eigenvalue weighted by molar-refractivity contribution is 7.87. The first kappa shape index (κ1) is 17.2. The summed E-state index contributed by atoms with van der Waals surface area (Å²) < 4.78 is 32.4. The molecule has 0 atom stereocenters. The topological polar surface area (TPSA) is 99.2 Å². The third-order valence-corrected chi connectivity index (χ3v) is 4.24. The number of rotatable bonds is 4. The predicted molar refractivity (Wildman–Crippen MR) is 73.4 cm³/mol. The van der Waals surface area contributed by atoms with Crippen LogP contribution in [0.4, 0.5) is 4.79 Å². The third kappa shape index (κ3) is 5.23. The van der Waals surface area contributed by atoms with E-state index in [4.69, 9.17) is 9.84 Å². The van der Waals surface area contributed by atoms with Gasteiger partial charge in [-0.15, -0.1) is 0 Å². The lowest BCUT2D eigenvalue weighted by Crippen LogP contribution is -2.54. The zero-order valence-electron chi connectivity index (χ0n) is 12.1. The van der Waals surface area contributed by atoms with E-state index in [1.54, 1.807) is 20.8 Å². The quantitative estimate of drug-likeness (QED) is 0.720. The minimum atomic E-state index is -3.59. The molecule has 0 unspecified atom stereocenters. The van der Waals surface area contributed by atoms with Crippen molar-refractivity contribution in [1.29, 1.82) is 0 Å². The van der Waals surface area contributed by atoms with Crippen molar-refractivity contribution in [3.8, 4) is 0 Å². The molecule has 20 heavy (non-hydrogen) atoms. The largest absolute Gasteiger partial charge is 0.444 e. The number of piperazine rings is 1. The van der Waals surface area contributed by atoms with E-state index in [1.165, 1.54) is 9.21 Å². The van der Waals surface area contributed by atoms with Crippen molar-refractivity contribution in [2.24, 2.45) is 0 Å². The molecule has 9 heteroatoms. The maximum absolute atomic E-state index is 11.8. The average Bonchev–Trinajstić information content (AvgIpc) is 2.34. The summed E-state index contributed by atoms with van der Waals surface area (Å²) in [7, 11) is -3.59. The zero-order valence-corrected chi connectivity index (χ0v) is 12.9. The fraction of sp³-hybridized carbons (Fsp3) is 0.909. The molecule has 0 aromatic rings. The molecular weight excluding hydrogens is 286 g/mol. The summed E-state index contributed by atoms with van der Waals surface area (Å²) in [5.74, 6) is 0. The van der Waals surface area contributed by atoms with Crippen molar-refractivity contribution < 1.29 is 23.1 Å². The number of carbonyl (C=O) groups excluding carboxylic acids is 1. The van der Waals surface area contributed by atoms with Crippen molar-refractivity contribution in [2.45, 2.75) is 26.4 Å². The molecule has 1 rings (SSSR count). The molecule has 0 spiro atoms. The van der Waals surface area contributed by atoms with E-state index in [1.807, 2.05) is 0 Å². The standard InChI is InChI=1S/C11H23N3O5S/c1-11(2,3)19-10(16)13-5-7-14(8-6-13)20(17,18)12-4-9-15/h12,15H,4-9H2,1-3H3. The Hall–Kier alpha value is -0.900. The fourth-order valence-electron chi connectivity index (χ4n) is 1.70. The van der Waals surface area contributed by atoms with Gasteiger partial charge in [-0.05, 0) is 20.8 Å². The van der Waals surface area contributed by atoms with Gasteiger partial charge in [-0.2, -0.15) is 17.4 Å². The summed E-state index contributed by atoms with van der Waals surface area (Å²) in [4.78, 5) is 13.3. The summed E-state index contributed by atoms with van der Waals surface area (Å²) in [6, 6.07) is 0. The van der Waals surface area contributed by atoms with Crippen molar-refractivity contribution >= 4 is 16.3 Å². The van der Waals surface area contributed by atoms with Crippen LogP contribution in [-0.2, 0) is 14.9 Å². The molecule has 1 heterocycles. The van der Waals surface area contributed by atoms with Gasteiger partial charge < -0.3 is 14.7 Å². The molecule has 1 saturated heterocycles. The van der Waals surface area contributed by atoms with Crippen LogP contribution in [0.3, 0.4) is 0 Å². The van der Waals surface area contributed by atoms with Gasteiger partial charge in [-0.1, -0.05) is 0 Å². The fourth-order valence-corrected chi connectivity index (χ4v) is 2.88. The first-order valence-electron chi connectivity index (χ1n) is 6.49. The maximum Gasteiger partial charge on any atom is 0.410 e. The van der Waals surface area contributed by atoms with Gasteiger partial charge in [0.25, 0.3) is 10.2 Å². The number of hydrogen-bond acceptors (Lipinski definition) is 5. The van der Waals surface area contributed by atoms with E-state index in [-0.39, 0.29) is 39.3 Å². The number of amides is 1. The van der Waals surface area contributed by atoms with Crippen LogP contribution < -0.4 is 4.72 Å². The van der Waals surface area contributed by atoms with Crippen molar-refractivity contribution in [3.63, 3.8) is 0 Å². The molecule has 0 aromatic carbocycles. The van der Waals surface area contributed by atoms with Crippen LogP contribution in [0.5, 0.6) is 0 Å². The van der Waals surface area contributed by atoms with Crippen LogP contribution in [0.2, 0.25) is 0 Å². The van der Waals surface area contributed by atoms with E-state index in [0.29, 0.717) is 0 Å². The van der Waals surface area contributed by atoms with Gasteiger partial charge in [-0.3, -0.25) is 0 Å². The van der Waals surface area contributed by atoms with Crippen LogP contribution in [0.25, 0.3) is 0 Å². The van der Waals surface area contributed by atoms with Crippen molar-refractivity contribution in [2.75, 3.05) is 39.3 Å². The first-order valence-corrected chi connectivity index (χ1v) is 7.93. The predicted octanol–water partition coefficient (Wildman–Crippen LogP) is -0.634. The second-order valence-corrected chi connectivity index (χ2v) is 7.24. The van der Waals surface area contributed by atoms with Gasteiger partial charge >= 0.3 is 6.09 Å². The SMILES string of the molecule is CC(C)(C)OC(=O)N1CCN(S(=O)(=O)NCCO)CC1. The highest BCUT2D eigenvalue weighted by Gasteiger charge is 2.30. The second kappa shape index (κ2) is 6.70. The Labute approximate surface area is 119 Å². The Bertz CT molecular complexity index is 424. The zero-order chi connectivity index (χ0) is 15.4. The summed E-state index contributed by atoms with van der Waals surface area (Å²) in [6.45, 7) is 6.06. The van der Waals surface area contributed by atoms with Crippen molar-refractivity contribution in [3.05, 3.63) is 0 Å². The second-order valence-electron chi connectivity index (χ2n) is 5.49. The molecule has 118 valence electrons. The van der Waals surface area contributed by atoms with Crippen molar-refractivity contribution in [1.82, 2.24) is 13.9 Å². The van der Waals surface area contributed by atoms with Crippen LogP contribution in [0.15, 0.2) is 0 Å². The highest BCUT2D eigenvalue weighted by Crippen LogP contribution is 2.12. The number of aliphatic hydroxyl groups excluding tert-OH is 1. The Morgan fingerprint density at radius 1 is 1.25 bits per heavy atom. The monoisotopic (exact) mass is 309 g/mol. The van der Waals surface area contributed by atoms with Gasteiger partial charge in [0.2, 0.25) is 0 Å². The molecular formula is C11H23N3O5S.